The van der Waals surface area contributed by atoms with E-state index >= 15 is 0 Å². The number of rotatable bonds is 3. The summed E-state index contributed by atoms with van der Waals surface area (Å²) in [6.07, 6.45) is 0. The fraction of sp³-hybridized carbons (Fsp3) is 0.438. The summed E-state index contributed by atoms with van der Waals surface area (Å²) in [5.74, 6) is 1.63. The van der Waals surface area contributed by atoms with E-state index in [1.54, 1.807) is 11.3 Å². The fourth-order valence-electron chi connectivity index (χ4n) is 2.87. The van der Waals surface area contributed by atoms with Gasteiger partial charge in [0.05, 0.1) is 5.69 Å². The molecule has 1 N–H and O–H groups in total. The summed E-state index contributed by atoms with van der Waals surface area (Å²) in [5, 5.41) is 6.62. The van der Waals surface area contributed by atoms with E-state index in [0.717, 1.165) is 53.9 Å². The maximum absolute atomic E-state index is 5.44. The van der Waals surface area contributed by atoms with E-state index < -0.39 is 0 Å². The van der Waals surface area contributed by atoms with Gasteiger partial charge in [0.25, 0.3) is 0 Å². The Kier molecular flexibility index (Phi) is 5.06. The lowest BCUT2D eigenvalue weighted by molar-refractivity contribution is 0.164. The largest absolute Gasteiger partial charge is 0.454 e. The highest BCUT2D eigenvalue weighted by Gasteiger charge is 2.19. The summed E-state index contributed by atoms with van der Waals surface area (Å²) in [6.45, 7) is 6.69. The molecule has 3 heterocycles. The maximum Gasteiger partial charge on any atom is 0.231 e. The van der Waals surface area contributed by atoms with Crippen molar-refractivity contribution in [2.24, 2.45) is 0 Å². The number of hydrogen-bond acceptors (Lipinski definition) is 6. The fourth-order valence-corrected chi connectivity index (χ4v) is 3.68. The van der Waals surface area contributed by atoms with Gasteiger partial charge in [-0.3, -0.25) is 4.90 Å². The van der Waals surface area contributed by atoms with Crippen LogP contribution in [0.5, 0.6) is 11.5 Å². The van der Waals surface area contributed by atoms with E-state index in [9.17, 15) is 0 Å². The molecule has 2 aromatic rings. The monoisotopic (exact) mass is 353 g/mol. The van der Waals surface area contributed by atoms with Crippen LogP contribution < -0.4 is 14.8 Å². The summed E-state index contributed by atoms with van der Waals surface area (Å²) in [7, 11) is 0. The third-order valence-electron chi connectivity index (χ3n) is 4.18. The van der Waals surface area contributed by atoms with Gasteiger partial charge in [-0.05, 0) is 25.1 Å². The number of thiazole rings is 1. The van der Waals surface area contributed by atoms with E-state index in [0.29, 0.717) is 12.8 Å². The molecule has 2 aliphatic rings. The Morgan fingerprint density at radius 3 is 3.09 bits per heavy atom. The van der Waals surface area contributed by atoms with Crippen LogP contribution in [0.1, 0.15) is 12.6 Å². The summed E-state index contributed by atoms with van der Waals surface area (Å²) >= 11 is 1.69. The van der Waals surface area contributed by atoms with Gasteiger partial charge in [-0.1, -0.05) is 0 Å². The number of fused-ring (bicyclic) bond motifs is 1. The summed E-state index contributed by atoms with van der Waals surface area (Å²) < 4.78 is 10.8. The Bertz CT molecular complexity index is 679. The van der Waals surface area contributed by atoms with Gasteiger partial charge in [-0.25, -0.2) is 4.98 Å². The van der Waals surface area contributed by atoms with Crippen LogP contribution in [0.4, 0.5) is 0 Å². The third-order valence-corrected chi connectivity index (χ3v) is 5.12. The first-order valence-electron chi connectivity index (χ1n) is 7.59. The molecule has 5 nitrogen and oxygen atoms in total. The molecule has 124 valence electrons. The average Bonchev–Trinajstić information content (AvgIpc) is 3.17. The lowest BCUT2D eigenvalue weighted by Crippen LogP contribution is -2.49. The second-order valence-corrected chi connectivity index (χ2v) is 6.59. The molecule has 1 saturated heterocycles. The molecule has 0 bridgehead atoms. The summed E-state index contributed by atoms with van der Waals surface area (Å²) in [5.41, 5.74) is 2.24. The Hall–Kier alpha value is -1.34. The molecule has 0 unspecified atom stereocenters. The zero-order chi connectivity index (χ0) is 14.9. The number of hydrogen-bond donors (Lipinski definition) is 1. The highest BCUT2D eigenvalue weighted by molar-refractivity contribution is 7.13. The van der Waals surface area contributed by atoms with E-state index in [1.165, 1.54) is 0 Å². The van der Waals surface area contributed by atoms with Crippen LogP contribution in [0, 0.1) is 0 Å². The molecular formula is C16H20ClN3O2S. The molecule has 0 amide bonds. The van der Waals surface area contributed by atoms with E-state index in [-0.39, 0.29) is 12.4 Å². The molecule has 1 aromatic carbocycles. The van der Waals surface area contributed by atoms with Crippen molar-refractivity contribution in [2.45, 2.75) is 19.5 Å². The summed E-state index contributed by atoms with van der Waals surface area (Å²) in [6, 6.07) is 6.57. The number of benzene rings is 1. The molecule has 0 saturated carbocycles. The molecule has 1 fully saturated rings. The Morgan fingerprint density at radius 1 is 1.35 bits per heavy atom. The van der Waals surface area contributed by atoms with Crippen molar-refractivity contribution >= 4 is 23.7 Å². The van der Waals surface area contributed by atoms with Gasteiger partial charge >= 0.3 is 0 Å². The van der Waals surface area contributed by atoms with E-state index in [1.807, 2.05) is 18.2 Å². The molecule has 23 heavy (non-hydrogen) atoms. The van der Waals surface area contributed by atoms with Gasteiger partial charge in [0.15, 0.2) is 11.5 Å². The first-order chi connectivity index (χ1) is 10.8. The molecule has 0 aliphatic carbocycles. The molecule has 2 aliphatic heterocycles. The highest BCUT2D eigenvalue weighted by atomic mass is 35.5. The molecule has 1 atom stereocenters. The van der Waals surface area contributed by atoms with Crippen LogP contribution in [0.2, 0.25) is 0 Å². The first-order valence-corrected chi connectivity index (χ1v) is 8.47. The number of nitrogens with one attached hydrogen (secondary N) is 1. The summed E-state index contributed by atoms with van der Waals surface area (Å²) in [4.78, 5) is 7.28. The normalized spacial score (nSPS) is 20.3. The van der Waals surface area contributed by atoms with Crippen LogP contribution in [0.15, 0.2) is 23.6 Å². The van der Waals surface area contributed by atoms with Crippen molar-refractivity contribution in [1.29, 1.82) is 0 Å². The Labute approximate surface area is 146 Å². The number of aromatic nitrogens is 1. The number of piperazine rings is 1. The topological polar surface area (TPSA) is 46.6 Å². The predicted molar refractivity (Wildman–Crippen MR) is 93.7 cm³/mol. The molecular weight excluding hydrogens is 334 g/mol. The third kappa shape index (κ3) is 3.45. The minimum atomic E-state index is 0. The molecule has 4 rings (SSSR count). The van der Waals surface area contributed by atoms with Crippen LogP contribution in [-0.4, -0.2) is 42.4 Å². The number of nitrogens with zero attached hydrogens (tertiary/aromatic N) is 2. The number of halogens is 1. The molecule has 1 aromatic heterocycles. The molecule has 0 spiro atoms. The Morgan fingerprint density at radius 2 is 2.22 bits per heavy atom. The van der Waals surface area contributed by atoms with Crippen molar-refractivity contribution < 1.29 is 9.47 Å². The Balaban J connectivity index is 0.00000156. The van der Waals surface area contributed by atoms with Gasteiger partial charge in [0.2, 0.25) is 6.79 Å². The highest BCUT2D eigenvalue weighted by Crippen LogP contribution is 2.36. The average molecular weight is 354 g/mol. The zero-order valence-electron chi connectivity index (χ0n) is 12.9. The molecule has 7 heteroatoms. The van der Waals surface area contributed by atoms with Crippen LogP contribution in [-0.2, 0) is 6.54 Å². The first kappa shape index (κ1) is 16.5. The van der Waals surface area contributed by atoms with Gasteiger partial charge < -0.3 is 14.8 Å². The van der Waals surface area contributed by atoms with Gasteiger partial charge in [-0.2, -0.15) is 0 Å². The minimum Gasteiger partial charge on any atom is -0.454 e. The number of ether oxygens (including phenoxy) is 2. The maximum atomic E-state index is 5.44. The second-order valence-electron chi connectivity index (χ2n) is 5.74. The van der Waals surface area contributed by atoms with Crippen LogP contribution in [0.25, 0.3) is 10.6 Å². The quantitative estimate of drug-likeness (QED) is 0.919. The lowest BCUT2D eigenvalue weighted by atomic mass is 10.2. The van der Waals surface area contributed by atoms with Crippen molar-refractivity contribution in [2.75, 3.05) is 26.4 Å². The smallest absolute Gasteiger partial charge is 0.231 e. The van der Waals surface area contributed by atoms with Crippen molar-refractivity contribution in [3.8, 4) is 22.1 Å². The second kappa shape index (κ2) is 7.05. The lowest BCUT2D eigenvalue weighted by Gasteiger charge is -2.33. The van der Waals surface area contributed by atoms with Crippen molar-refractivity contribution in [3.05, 3.63) is 29.3 Å². The zero-order valence-corrected chi connectivity index (χ0v) is 14.6. The van der Waals surface area contributed by atoms with Crippen molar-refractivity contribution in [3.63, 3.8) is 0 Å². The molecule has 0 radical (unpaired) electrons. The van der Waals surface area contributed by atoms with Gasteiger partial charge in [-0.15, -0.1) is 23.7 Å². The predicted octanol–water partition coefficient (Wildman–Crippen LogP) is 2.75. The van der Waals surface area contributed by atoms with E-state index in [2.05, 4.69) is 22.5 Å². The minimum absolute atomic E-state index is 0. The van der Waals surface area contributed by atoms with Gasteiger partial charge in [0.1, 0.15) is 5.01 Å². The SMILES string of the molecule is C[C@H]1CNCCN1Cc1csc(-c2ccc3c(c2)OCO3)n1.Cl. The van der Waals surface area contributed by atoms with Crippen molar-refractivity contribution in [1.82, 2.24) is 15.2 Å². The standard InChI is InChI=1S/C16H19N3O2S.ClH/c1-11-7-17-4-5-19(11)8-13-9-22-16(18-13)12-2-3-14-15(6-12)21-10-20-14;/h2-3,6,9,11,17H,4-5,7-8,10H2,1H3;1H/t11-;/m0./s1. The van der Waals surface area contributed by atoms with Crippen LogP contribution >= 0.6 is 23.7 Å². The van der Waals surface area contributed by atoms with E-state index in [4.69, 9.17) is 14.5 Å². The van der Waals surface area contributed by atoms with Gasteiger partial charge in [0, 0.05) is 43.2 Å². The van der Waals surface area contributed by atoms with Crippen LogP contribution in [0.3, 0.4) is 0 Å².